The third kappa shape index (κ3) is 2.67. The van der Waals surface area contributed by atoms with Crippen LogP contribution in [0.4, 0.5) is 0 Å². The summed E-state index contributed by atoms with van der Waals surface area (Å²) in [4.78, 5) is 0. The molecule has 3 aromatic rings. The largest absolute Gasteiger partial charge is 0.507 e. The highest BCUT2D eigenvalue weighted by molar-refractivity contribution is 5.85. The van der Waals surface area contributed by atoms with Crippen molar-refractivity contribution in [3.05, 3.63) is 78.4 Å². The summed E-state index contributed by atoms with van der Waals surface area (Å²) in [5.74, 6) is 0.295. The maximum absolute atomic E-state index is 10.1. The molecule has 0 fully saturated rings. The fraction of sp³-hybridized carbons (Fsp3) is 0.0526. The zero-order chi connectivity index (χ0) is 14.7. The van der Waals surface area contributed by atoms with Gasteiger partial charge in [-0.2, -0.15) is 0 Å². The van der Waals surface area contributed by atoms with Crippen LogP contribution in [0.1, 0.15) is 5.56 Å². The van der Waals surface area contributed by atoms with Crippen molar-refractivity contribution >= 4 is 0 Å². The fourth-order valence-corrected chi connectivity index (χ4v) is 2.49. The molecule has 3 N–H and O–H groups in total. The van der Waals surface area contributed by atoms with Crippen LogP contribution in [0.5, 0.6) is 5.75 Å². The van der Waals surface area contributed by atoms with Gasteiger partial charge in [0.25, 0.3) is 0 Å². The molecule has 0 saturated heterocycles. The van der Waals surface area contributed by atoms with Crippen molar-refractivity contribution in [3.8, 4) is 28.0 Å². The van der Waals surface area contributed by atoms with Gasteiger partial charge in [-0.3, -0.25) is 0 Å². The Morgan fingerprint density at radius 2 is 1.24 bits per heavy atom. The number of benzene rings is 3. The van der Waals surface area contributed by atoms with Crippen molar-refractivity contribution in [1.82, 2.24) is 0 Å². The van der Waals surface area contributed by atoms with Crippen LogP contribution in [-0.4, -0.2) is 5.11 Å². The lowest BCUT2D eigenvalue weighted by molar-refractivity contribution is 0.477. The maximum atomic E-state index is 10.1. The average molecular weight is 275 g/mol. The second-order valence-corrected chi connectivity index (χ2v) is 4.96. The van der Waals surface area contributed by atoms with Crippen molar-refractivity contribution < 1.29 is 5.11 Å². The summed E-state index contributed by atoms with van der Waals surface area (Å²) in [5, 5.41) is 10.1. The number of hydrogen-bond acceptors (Lipinski definition) is 2. The summed E-state index contributed by atoms with van der Waals surface area (Å²) in [6, 6.07) is 23.7. The molecule has 0 aliphatic carbocycles. The molecule has 2 nitrogen and oxygen atoms in total. The molecule has 0 atom stereocenters. The molecule has 0 saturated carbocycles. The first-order valence-corrected chi connectivity index (χ1v) is 6.96. The molecule has 21 heavy (non-hydrogen) atoms. The lowest BCUT2D eigenvalue weighted by atomic mass is 9.93. The number of nitrogens with two attached hydrogens (primary N) is 1. The molecule has 0 aromatic heterocycles. The third-order valence-electron chi connectivity index (χ3n) is 3.62. The summed E-state index contributed by atoms with van der Waals surface area (Å²) in [6.07, 6.45) is 0. The molecule has 3 rings (SSSR count). The van der Waals surface area contributed by atoms with Crippen LogP contribution in [0.25, 0.3) is 22.3 Å². The number of phenolic OH excluding ortho intramolecular Hbond substituents is 1. The Balaban J connectivity index is 2.13. The molecule has 0 aliphatic heterocycles. The first-order valence-electron chi connectivity index (χ1n) is 6.96. The second kappa shape index (κ2) is 5.81. The Kier molecular flexibility index (Phi) is 3.71. The third-order valence-corrected chi connectivity index (χ3v) is 3.62. The SMILES string of the molecule is NCc1ccc(-c2ccccc2-c2ccccc2O)cc1. The summed E-state index contributed by atoms with van der Waals surface area (Å²) < 4.78 is 0. The highest BCUT2D eigenvalue weighted by Gasteiger charge is 2.09. The van der Waals surface area contributed by atoms with E-state index < -0.39 is 0 Å². The summed E-state index contributed by atoms with van der Waals surface area (Å²) in [7, 11) is 0. The van der Waals surface area contributed by atoms with Crippen molar-refractivity contribution in [1.29, 1.82) is 0 Å². The molecule has 0 amide bonds. The van der Waals surface area contributed by atoms with E-state index in [0.29, 0.717) is 12.3 Å². The molecule has 0 aliphatic rings. The minimum absolute atomic E-state index is 0.295. The molecule has 0 spiro atoms. The van der Waals surface area contributed by atoms with E-state index in [1.54, 1.807) is 6.07 Å². The van der Waals surface area contributed by atoms with E-state index in [-0.39, 0.29) is 0 Å². The van der Waals surface area contributed by atoms with Gasteiger partial charge in [-0.25, -0.2) is 0 Å². The van der Waals surface area contributed by atoms with Gasteiger partial charge in [0, 0.05) is 12.1 Å². The zero-order valence-electron chi connectivity index (χ0n) is 11.7. The normalized spacial score (nSPS) is 10.5. The average Bonchev–Trinajstić information content (AvgIpc) is 2.55. The Morgan fingerprint density at radius 1 is 0.667 bits per heavy atom. The lowest BCUT2D eigenvalue weighted by Crippen LogP contribution is -1.95. The van der Waals surface area contributed by atoms with Gasteiger partial charge < -0.3 is 10.8 Å². The van der Waals surface area contributed by atoms with Gasteiger partial charge in [0.15, 0.2) is 0 Å². The highest BCUT2D eigenvalue weighted by Crippen LogP contribution is 2.36. The number of phenols is 1. The number of aromatic hydroxyl groups is 1. The molecule has 0 unspecified atom stereocenters. The van der Waals surface area contributed by atoms with E-state index in [1.807, 2.05) is 48.5 Å². The predicted octanol–water partition coefficient (Wildman–Crippen LogP) is 4.18. The van der Waals surface area contributed by atoms with Crippen LogP contribution in [0.2, 0.25) is 0 Å². The van der Waals surface area contributed by atoms with E-state index >= 15 is 0 Å². The van der Waals surface area contributed by atoms with Crippen LogP contribution in [0.15, 0.2) is 72.8 Å². The minimum Gasteiger partial charge on any atom is -0.507 e. The highest BCUT2D eigenvalue weighted by atomic mass is 16.3. The van der Waals surface area contributed by atoms with E-state index in [2.05, 4.69) is 18.2 Å². The molecular formula is C19H17NO. The topological polar surface area (TPSA) is 46.2 Å². The van der Waals surface area contributed by atoms with Crippen LogP contribution in [0.3, 0.4) is 0 Å². The Bertz CT molecular complexity index is 748. The standard InChI is InChI=1S/C19H17NO/c20-13-14-9-11-15(12-10-14)16-5-1-2-6-17(16)18-7-3-4-8-19(18)21/h1-12,21H,13,20H2. The molecule has 104 valence electrons. The summed E-state index contributed by atoms with van der Waals surface area (Å²) in [6.45, 7) is 0.543. The molecule has 0 bridgehead atoms. The predicted molar refractivity (Wildman–Crippen MR) is 86.9 cm³/mol. The number of para-hydroxylation sites is 1. The van der Waals surface area contributed by atoms with E-state index in [1.165, 1.54) is 0 Å². The van der Waals surface area contributed by atoms with Gasteiger partial charge in [-0.05, 0) is 28.3 Å². The second-order valence-electron chi connectivity index (χ2n) is 4.96. The minimum atomic E-state index is 0.295. The number of rotatable bonds is 3. The van der Waals surface area contributed by atoms with Gasteiger partial charge in [0.1, 0.15) is 5.75 Å². The van der Waals surface area contributed by atoms with Crippen molar-refractivity contribution in [3.63, 3.8) is 0 Å². The van der Waals surface area contributed by atoms with E-state index in [0.717, 1.165) is 27.8 Å². The van der Waals surface area contributed by atoms with E-state index in [4.69, 9.17) is 5.73 Å². The summed E-state index contributed by atoms with van der Waals surface area (Å²) in [5.41, 5.74) is 10.8. The Morgan fingerprint density at radius 3 is 1.86 bits per heavy atom. The van der Waals surface area contributed by atoms with Crippen LogP contribution in [-0.2, 0) is 6.54 Å². The van der Waals surface area contributed by atoms with Crippen molar-refractivity contribution in [2.24, 2.45) is 5.73 Å². The molecule has 0 radical (unpaired) electrons. The van der Waals surface area contributed by atoms with Gasteiger partial charge in [-0.1, -0.05) is 66.7 Å². The van der Waals surface area contributed by atoms with Crippen molar-refractivity contribution in [2.45, 2.75) is 6.54 Å². The van der Waals surface area contributed by atoms with Gasteiger partial charge in [-0.15, -0.1) is 0 Å². The smallest absolute Gasteiger partial charge is 0.123 e. The monoisotopic (exact) mass is 275 g/mol. The lowest BCUT2D eigenvalue weighted by Gasteiger charge is -2.11. The van der Waals surface area contributed by atoms with Crippen LogP contribution >= 0.6 is 0 Å². The van der Waals surface area contributed by atoms with Gasteiger partial charge >= 0.3 is 0 Å². The van der Waals surface area contributed by atoms with Gasteiger partial charge in [0.2, 0.25) is 0 Å². The Hall–Kier alpha value is -2.58. The van der Waals surface area contributed by atoms with Crippen LogP contribution in [0, 0.1) is 0 Å². The van der Waals surface area contributed by atoms with Crippen LogP contribution < -0.4 is 5.73 Å². The van der Waals surface area contributed by atoms with Gasteiger partial charge in [0.05, 0.1) is 0 Å². The molecule has 0 heterocycles. The Labute approximate surface area is 124 Å². The quantitative estimate of drug-likeness (QED) is 0.753. The fourth-order valence-electron chi connectivity index (χ4n) is 2.49. The zero-order valence-corrected chi connectivity index (χ0v) is 11.7. The van der Waals surface area contributed by atoms with E-state index in [9.17, 15) is 5.11 Å². The first-order chi connectivity index (χ1) is 10.3. The first kappa shape index (κ1) is 13.4. The summed E-state index contributed by atoms with van der Waals surface area (Å²) >= 11 is 0. The van der Waals surface area contributed by atoms with Crippen molar-refractivity contribution in [2.75, 3.05) is 0 Å². The number of hydrogen-bond donors (Lipinski definition) is 2. The molecular weight excluding hydrogens is 258 g/mol. The maximum Gasteiger partial charge on any atom is 0.123 e. The molecule has 3 aromatic carbocycles. The molecule has 2 heteroatoms.